The molecular formula is C20H19F2N3O3. The van der Waals surface area contributed by atoms with Crippen molar-refractivity contribution in [3.8, 4) is 0 Å². The lowest BCUT2D eigenvalue weighted by molar-refractivity contribution is -0.134. The molecule has 1 saturated heterocycles. The third-order valence-electron chi connectivity index (χ3n) is 4.67. The van der Waals surface area contributed by atoms with Crippen LogP contribution in [0.15, 0.2) is 48.5 Å². The van der Waals surface area contributed by atoms with E-state index in [4.69, 9.17) is 0 Å². The monoisotopic (exact) mass is 387 g/mol. The number of carbonyl (C=O) groups is 3. The fourth-order valence-corrected chi connectivity index (χ4v) is 3.06. The number of amides is 4. The molecule has 4 amide bonds. The van der Waals surface area contributed by atoms with Gasteiger partial charge in [0.1, 0.15) is 23.7 Å². The maximum Gasteiger partial charge on any atom is 0.325 e. The van der Waals surface area contributed by atoms with Gasteiger partial charge in [-0.25, -0.2) is 13.6 Å². The van der Waals surface area contributed by atoms with Crippen molar-refractivity contribution in [3.05, 3.63) is 71.3 Å². The minimum atomic E-state index is -1.38. The minimum Gasteiger partial charge on any atom is -0.354 e. The van der Waals surface area contributed by atoms with Crippen LogP contribution in [0.5, 0.6) is 0 Å². The normalized spacial score (nSPS) is 18.9. The molecule has 8 heteroatoms. The van der Waals surface area contributed by atoms with Gasteiger partial charge >= 0.3 is 6.03 Å². The second-order valence-corrected chi connectivity index (χ2v) is 6.64. The van der Waals surface area contributed by atoms with Crippen molar-refractivity contribution >= 4 is 17.8 Å². The Kier molecular flexibility index (Phi) is 5.39. The fraction of sp³-hybridized carbons (Fsp3) is 0.250. The number of benzene rings is 2. The third-order valence-corrected chi connectivity index (χ3v) is 4.67. The van der Waals surface area contributed by atoms with Gasteiger partial charge in [0.15, 0.2) is 0 Å². The molecule has 0 aromatic heterocycles. The predicted octanol–water partition coefficient (Wildman–Crippen LogP) is 2.09. The average Bonchev–Trinajstić information content (AvgIpc) is 2.88. The summed E-state index contributed by atoms with van der Waals surface area (Å²) in [7, 11) is 0. The quantitative estimate of drug-likeness (QED) is 0.745. The molecule has 28 heavy (non-hydrogen) atoms. The summed E-state index contributed by atoms with van der Waals surface area (Å²) in [5.41, 5.74) is -0.505. The lowest BCUT2D eigenvalue weighted by Crippen LogP contribution is -2.43. The second-order valence-electron chi connectivity index (χ2n) is 6.64. The first-order valence-electron chi connectivity index (χ1n) is 8.71. The van der Waals surface area contributed by atoms with Gasteiger partial charge in [0.25, 0.3) is 5.91 Å². The number of urea groups is 1. The van der Waals surface area contributed by atoms with Crippen LogP contribution in [0.25, 0.3) is 0 Å². The highest BCUT2D eigenvalue weighted by Crippen LogP contribution is 2.28. The number of imide groups is 1. The van der Waals surface area contributed by atoms with Gasteiger partial charge in [0.05, 0.1) is 0 Å². The fourth-order valence-electron chi connectivity index (χ4n) is 3.06. The first-order valence-corrected chi connectivity index (χ1v) is 8.71. The first kappa shape index (κ1) is 19.5. The summed E-state index contributed by atoms with van der Waals surface area (Å²) in [4.78, 5) is 37.9. The molecule has 3 rings (SSSR count). The number of rotatable bonds is 6. The molecule has 6 nitrogen and oxygen atoms in total. The Bertz CT molecular complexity index is 917. The van der Waals surface area contributed by atoms with Crippen LogP contribution >= 0.6 is 0 Å². The van der Waals surface area contributed by atoms with Crippen LogP contribution in [0, 0.1) is 11.6 Å². The molecule has 1 atom stereocenters. The zero-order valence-corrected chi connectivity index (χ0v) is 15.2. The SMILES string of the molecule is CC1(c2ccc(F)cc2)NC(=O)N(CC(=O)NCCc2ccccc2F)C1=O. The molecule has 0 saturated carbocycles. The van der Waals surface area contributed by atoms with E-state index in [0.29, 0.717) is 11.1 Å². The molecule has 0 bridgehead atoms. The Morgan fingerprint density at radius 3 is 2.46 bits per heavy atom. The number of hydrogen-bond acceptors (Lipinski definition) is 3. The van der Waals surface area contributed by atoms with E-state index in [0.717, 1.165) is 4.90 Å². The van der Waals surface area contributed by atoms with Crippen LogP contribution in [-0.2, 0) is 21.5 Å². The summed E-state index contributed by atoms with van der Waals surface area (Å²) in [6.07, 6.45) is 0.284. The van der Waals surface area contributed by atoms with E-state index in [1.54, 1.807) is 18.2 Å². The van der Waals surface area contributed by atoms with Crippen molar-refractivity contribution in [1.82, 2.24) is 15.5 Å². The maximum atomic E-state index is 13.6. The largest absolute Gasteiger partial charge is 0.354 e. The molecule has 0 radical (unpaired) electrons. The Labute approximate surface area is 160 Å². The molecule has 2 aromatic carbocycles. The zero-order valence-electron chi connectivity index (χ0n) is 15.2. The lowest BCUT2D eigenvalue weighted by Gasteiger charge is -2.22. The number of nitrogens with zero attached hydrogens (tertiary/aromatic N) is 1. The van der Waals surface area contributed by atoms with Crippen molar-refractivity contribution in [2.75, 3.05) is 13.1 Å². The van der Waals surface area contributed by atoms with E-state index in [1.807, 2.05) is 0 Å². The van der Waals surface area contributed by atoms with E-state index in [-0.39, 0.29) is 18.8 Å². The predicted molar refractivity (Wildman–Crippen MR) is 97.1 cm³/mol. The maximum absolute atomic E-state index is 13.6. The summed E-state index contributed by atoms with van der Waals surface area (Å²) in [5, 5.41) is 5.12. The molecule has 146 valence electrons. The molecule has 1 heterocycles. The van der Waals surface area contributed by atoms with Crippen LogP contribution in [0.2, 0.25) is 0 Å². The summed E-state index contributed by atoms with van der Waals surface area (Å²) in [6, 6.07) is 10.7. The van der Waals surface area contributed by atoms with Gasteiger partial charge < -0.3 is 10.6 Å². The number of carbonyl (C=O) groups excluding carboxylic acids is 3. The van der Waals surface area contributed by atoms with E-state index in [2.05, 4.69) is 10.6 Å². The highest BCUT2D eigenvalue weighted by Gasteiger charge is 2.49. The zero-order chi connectivity index (χ0) is 20.3. The molecule has 1 aliphatic rings. The van der Waals surface area contributed by atoms with Gasteiger partial charge in [-0.05, 0) is 42.7 Å². The van der Waals surface area contributed by atoms with Gasteiger partial charge in [-0.3, -0.25) is 14.5 Å². The number of nitrogens with one attached hydrogen (secondary N) is 2. The van der Waals surface area contributed by atoms with Crippen LogP contribution in [-0.4, -0.2) is 35.8 Å². The lowest BCUT2D eigenvalue weighted by atomic mass is 9.92. The van der Waals surface area contributed by atoms with Crippen molar-refractivity contribution in [1.29, 1.82) is 0 Å². The Morgan fingerprint density at radius 2 is 1.79 bits per heavy atom. The van der Waals surface area contributed by atoms with Gasteiger partial charge in [-0.1, -0.05) is 30.3 Å². The van der Waals surface area contributed by atoms with Crippen LogP contribution in [0.3, 0.4) is 0 Å². The number of hydrogen-bond donors (Lipinski definition) is 2. The van der Waals surface area contributed by atoms with Crippen molar-refractivity contribution in [2.45, 2.75) is 18.9 Å². The highest BCUT2D eigenvalue weighted by atomic mass is 19.1. The topological polar surface area (TPSA) is 78.5 Å². The molecule has 0 aliphatic carbocycles. The summed E-state index contributed by atoms with van der Waals surface area (Å²) >= 11 is 0. The molecule has 1 aliphatic heterocycles. The van der Waals surface area contributed by atoms with Gasteiger partial charge in [-0.2, -0.15) is 0 Å². The molecule has 2 N–H and O–H groups in total. The Balaban J connectivity index is 1.60. The minimum absolute atomic E-state index is 0.165. The van der Waals surface area contributed by atoms with E-state index in [9.17, 15) is 23.2 Å². The Hall–Kier alpha value is -3.29. The summed E-state index contributed by atoms with van der Waals surface area (Å²) in [6.45, 7) is 1.20. The van der Waals surface area contributed by atoms with Gasteiger partial charge in [-0.15, -0.1) is 0 Å². The Morgan fingerprint density at radius 1 is 1.11 bits per heavy atom. The molecule has 1 fully saturated rings. The molecule has 1 unspecified atom stereocenters. The smallest absolute Gasteiger partial charge is 0.325 e. The standard InChI is InChI=1S/C20H19F2N3O3/c1-20(14-6-8-15(21)9-7-14)18(27)25(19(28)24-20)12-17(26)23-11-10-13-4-2-3-5-16(13)22/h2-9H,10-12H2,1H3,(H,23,26)(H,24,28). The van der Waals surface area contributed by atoms with Crippen LogP contribution < -0.4 is 10.6 Å². The van der Waals surface area contributed by atoms with Crippen LogP contribution in [0.1, 0.15) is 18.1 Å². The average molecular weight is 387 g/mol. The highest BCUT2D eigenvalue weighted by molar-refractivity contribution is 6.09. The van der Waals surface area contributed by atoms with Crippen molar-refractivity contribution in [3.63, 3.8) is 0 Å². The van der Waals surface area contributed by atoms with E-state index in [1.165, 1.54) is 37.3 Å². The summed E-state index contributed by atoms with van der Waals surface area (Å²) < 4.78 is 26.7. The first-order chi connectivity index (χ1) is 13.3. The molecular weight excluding hydrogens is 368 g/mol. The molecule has 2 aromatic rings. The number of halogens is 2. The van der Waals surface area contributed by atoms with Gasteiger partial charge in [0, 0.05) is 6.54 Å². The van der Waals surface area contributed by atoms with Crippen LogP contribution in [0.4, 0.5) is 13.6 Å². The van der Waals surface area contributed by atoms with Crippen molar-refractivity contribution < 1.29 is 23.2 Å². The summed E-state index contributed by atoms with van der Waals surface area (Å²) in [5.74, 6) is -1.97. The second kappa shape index (κ2) is 7.75. The van der Waals surface area contributed by atoms with E-state index >= 15 is 0 Å². The van der Waals surface area contributed by atoms with Gasteiger partial charge in [0.2, 0.25) is 5.91 Å². The third kappa shape index (κ3) is 3.85. The van der Waals surface area contributed by atoms with E-state index < -0.39 is 35.7 Å². The molecule has 0 spiro atoms. The van der Waals surface area contributed by atoms with Crippen molar-refractivity contribution in [2.24, 2.45) is 0 Å².